The quantitative estimate of drug-likeness (QED) is 0.740. The largest absolute Gasteiger partial charge is 0.368 e. The average molecular weight is 412 g/mol. The second kappa shape index (κ2) is 7.35. The van der Waals surface area contributed by atoms with Crippen molar-refractivity contribution in [3.8, 4) is 0 Å². The molecule has 114 valence electrons. The first kappa shape index (κ1) is 16.4. The number of carbonyl (C=O) groups excluding carboxylic acids is 2. The fourth-order valence-corrected chi connectivity index (χ4v) is 2.31. The van der Waals surface area contributed by atoms with Gasteiger partial charge in [0, 0.05) is 15.6 Å². The highest BCUT2D eigenvalue weighted by atomic mass is 127. The maximum absolute atomic E-state index is 13.1. The molecule has 0 aliphatic heterocycles. The van der Waals surface area contributed by atoms with E-state index in [9.17, 15) is 14.0 Å². The van der Waals surface area contributed by atoms with Gasteiger partial charge in [0.2, 0.25) is 5.91 Å². The lowest BCUT2D eigenvalue weighted by Crippen LogP contribution is -2.45. The summed E-state index contributed by atoms with van der Waals surface area (Å²) in [5, 5.41) is 2.54. The molecule has 22 heavy (non-hydrogen) atoms. The van der Waals surface area contributed by atoms with E-state index in [4.69, 9.17) is 5.73 Å². The Morgan fingerprint density at radius 1 is 1.18 bits per heavy atom. The van der Waals surface area contributed by atoms with Crippen molar-refractivity contribution in [2.75, 3.05) is 0 Å². The molecule has 2 aromatic rings. The van der Waals surface area contributed by atoms with Crippen molar-refractivity contribution in [3.63, 3.8) is 0 Å². The Hall–Kier alpha value is -1.96. The number of halogens is 2. The second-order valence-corrected chi connectivity index (χ2v) is 6.01. The summed E-state index contributed by atoms with van der Waals surface area (Å²) in [7, 11) is 0. The number of primary amides is 1. The van der Waals surface area contributed by atoms with Gasteiger partial charge in [-0.1, -0.05) is 18.2 Å². The van der Waals surface area contributed by atoms with E-state index in [0.29, 0.717) is 0 Å². The molecule has 2 aromatic carbocycles. The summed E-state index contributed by atoms with van der Waals surface area (Å²) in [6.45, 7) is 0. The number of hydrogen-bond donors (Lipinski definition) is 2. The van der Waals surface area contributed by atoms with Crippen molar-refractivity contribution in [3.05, 3.63) is 69.0 Å². The minimum absolute atomic E-state index is 0.147. The molecule has 0 saturated heterocycles. The highest BCUT2D eigenvalue weighted by Gasteiger charge is 2.19. The zero-order valence-corrected chi connectivity index (χ0v) is 13.7. The first-order valence-corrected chi connectivity index (χ1v) is 7.64. The molecule has 0 aliphatic carbocycles. The van der Waals surface area contributed by atoms with Gasteiger partial charge in [0.25, 0.3) is 5.91 Å². The van der Waals surface area contributed by atoms with E-state index < -0.39 is 23.7 Å². The van der Waals surface area contributed by atoms with Crippen molar-refractivity contribution in [2.24, 2.45) is 5.73 Å². The van der Waals surface area contributed by atoms with Crippen LogP contribution in [-0.2, 0) is 11.2 Å². The van der Waals surface area contributed by atoms with Crippen molar-refractivity contribution in [1.29, 1.82) is 0 Å². The summed E-state index contributed by atoms with van der Waals surface area (Å²) in [5.74, 6) is -1.68. The standard InChI is InChI=1S/C16H14FIN2O2/c17-12-3-1-2-11(9-12)16(22)20-14(15(19)21)8-10-4-6-13(18)7-5-10/h1-7,9,14H,8H2,(H2,19,21)(H,20,22)/t14-/m1/s1. The smallest absolute Gasteiger partial charge is 0.252 e. The van der Waals surface area contributed by atoms with Crippen LogP contribution in [0, 0.1) is 9.39 Å². The van der Waals surface area contributed by atoms with Crippen LogP contribution in [0.2, 0.25) is 0 Å². The van der Waals surface area contributed by atoms with Gasteiger partial charge < -0.3 is 11.1 Å². The summed E-state index contributed by atoms with van der Waals surface area (Å²) in [6.07, 6.45) is 0.285. The van der Waals surface area contributed by atoms with Crippen LogP contribution in [0.3, 0.4) is 0 Å². The Balaban J connectivity index is 2.10. The van der Waals surface area contributed by atoms with E-state index in [1.165, 1.54) is 18.2 Å². The first-order valence-electron chi connectivity index (χ1n) is 6.56. The molecule has 0 aliphatic rings. The molecule has 0 bridgehead atoms. The molecule has 1 atom stereocenters. The van der Waals surface area contributed by atoms with Crippen LogP contribution in [-0.4, -0.2) is 17.9 Å². The third-order valence-corrected chi connectivity index (χ3v) is 3.81. The lowest BCUT2D eigenvalue weighted by molar-refractivity contribution is -0.119. The van der Waals surface area contributed by atoms with E-state index >= 15 is 0 Å². The Kier molecular flexibility index (Phi) is 5.48. The number of rotatable bonds is 5. The number of carbonyl (C=O) groups is 2. The minimum atomic E-state index is -0.851. The fourth-order valence-electron chi connectivity index (χ4n) is 1.95. The first-order chi connectivity index (χ1) is 10.5. The van der Waals surface area contributed by atoms with Crippen molar-refractivity contribution in [2.45, 2.75) is 12.5 Å². The maximum atomic E-state index is 13.1. The summed E-state index contributed by atoms with van der Waals surface area (Å²) in [4.78, 5) is 23.6. The third kappa shape index (κ3) is 4.52. The molecule has 0 aromatic heterocycles. The molecule has 0 unspecified atom stereocenters. The van der Waals surface area contributed by atoms with Crippen LogP contribution >= 0.6 is 22.6 Å². The number of nitrogens with two attached hydrogens (primary N) is 1. The summed E-state index contributed by atoms with van der Waals surface area (Å²) in [6, 6.07) is 12.0. The van der Waals surface area contributed by atoms with Crippen molar-refractivity contribution in [1.82, 2.24) is 5.32 Å². The Morgan fingerprint density at radius 3 is 2.45 bits per heavy atom. The lowest BCUT2D eigenvalue weighted by Gasteiger charge is -2.15. The van der Waals surface area contributed by atoms with Crippen LogP contribution < -0.4 is 11.1 Å². The van der Waals surface area contributed by atoms with E-state index in [2.05, 4.69) is 27.9 Å². The predicted molar refractivity (Wildman–Crippen MR) is 89.7 cm³/mol. The molecule has 0 saturated carbocycles. The average Bonchev–Trinajstić information content (AvgIpc) is 2.48. The van der Waals surface area contributed by atoms with Gasteiger partial charge in [-0.2, -0.15) is 0 Å². The van der Waals surface area contributed by atoms with E-state index in [0.717, 1.165) is 15.2 Å². The number of hydrogen-bond acceptors (Lipinski definition) is 2. The van der Waals surface area contributed by atoms with E-state index in [1.54, 1.807) is 0 Å². The van der Waals surface area contributed by atoms with Crippen molar-refractivity contribution < 1.29 is 14.0 Å². The highest BCUT2D eigenvalue weighted by Crippen LogP contribution is 2.10. The molecule has 3 N–H and O–H groups in total. The van der Waals surface area contributed by atoms with Gasteiger partial charge in [-0.25, -0.2) is 4.39 Å². The molecule has 2 amide bonds. The molecule has 0 spiro atoms. The molecule has 0 fully saturated rings. The molecule has 0 radical (unpaired) electrons. The monoisotopic (exact) mass is 412 g/mol. The van der Waals surface area contributed by atoms with Gasteiger partial charge in [-0.05, 0) is 58.5 Å². The lowest BCUT2D eigenvalue weighted by atomic mass is 10.0. The second-order valence-electron chi connectivity index (χ2n) is 4.77. The van der Waals surface area contributed by atoms with Gasteiger partial charge >= 0.3 is 0 Å². The van der Waals surface area contributed by atoms with Crippen LogP contribution in [0.1, 0.15) is 15.9 Å². The zero-order chi connectivity index (χ0) is 16.1. The number of nitrogens with one attached hydrogen (secondary N) is 1. The van der Waals surface area contributed by atoms with Crippen LogP contribution in [0.15, 0.2) is 48.5 Å². The molecule has 2 rings (SSSR count). The SMILES string of the molecule is NC(=O)[C@@H](Cc1ccc(I)cc1)NC(=O)c1cccc(F)c1. The maximum Gasteiger partial charge on any atom is 0.252 e. The van der Waals surface area contributed by atoms with Gasteiger partial charge in [0.15, 0.2) is 0 Å². The van der Waals surface area contributed by atoms with E-state index in [-0.39, 0.29) is 12.0 Å². The fraction of sp³-hybridized carbons (Fsp3) is 0.125. The van der Waals surface area contributed by atoms with Crippen LogP contribution in [0.4, 0.5) is 4.39 Å². The minimum Gasteiger partial charge on any atom is -0.368 e. The topological polar surface area (TPSA) is 72.2 Å². The molecule has 6 heteroatoms. The van der Waals surface area contributed by atoms with Gasteiger partial charge in [-0.15, -0.1) is 0 Å². The Morgan fingerprint density at radius 2 is 1.86 bits per heavy atom. The normalized spacial score (nSPS) is 11.7. The summed E-state index contributed by atoms with van der Waals surface area (Å²) >= 11 is 2.18. The molecular formula is C16H14FIN2O2. The Labute approximate surface area is 141 Å². The van der Waals surface area contributed by atoms with Crippen LogP contribution in [0.25, 0.3) is 0 Å². The summed E-state index contributed by atoms with van der Waals surface area (Å²) < 4.78 is 14.2. The highest BCUT2D eigenvalue weighted by molar-refractivity contribution is 14.1. The predicted octanol–water partition coefficient (Wildman–Crippen LogP) is 2.26. The molecule has 4 nitrogen and oxygen atoms in total. The van der Waals surface area contributed by atoms with Gasteiger partial charge in [0.05, 0.1) is 0 Å². The Bertz CT molecular complexity index is 689. The number of amides is 2. The zero-order valence-electron chi connectivity index (χ0n) is 11.6. The number of benzene rings is 2. The molecule has 0 heterocycles. The van der Waals surface area contributed by atoms with Crippen molar-refractivity contribution >= 4 is 34.4 Å². The summed E-state index contributed by atoms with van der Waals surface area (Å²) in [5.41, 5.74) is 6.37. The molecular weight excluding hydrogens is 398 g/mol. The van der Waals surface area contributed by atoms with E-state index in [1.807, 2.05) is 24.3 Å². The third-order valence-electron chi connectivity index (χ3n) is 3.09. The van der Waals surface area contributed by atoms with Gasteiger partial charge in [0.1, 0.15) is 11.9 Å². The van der Waals surface area contributed by atoms with Crippen LogP contribution in [0.5, 0.6) is 0 Å². The van der Waals surface area contributed by atoms with Gasteiger partial charge in [-0.3, -0.25) is 9.59 Å².